The van der Waals surface area contributed by atoms with E-state index in [1.807, 2.05) is 0 Å². The fourth-order valence-electron chi connectivity index (χ4n) is 4.52. The van der Waals surface area contributed by atoms with Crippen molar-refractivity contribution in [1.29, 1.82) is 0 Å². The van der Waals surface area contributed by atoms with Crippen molar-refractivity contribution in [3.8, 4) is 5.75 Å². The molecule has 0 unspecified atom stereocenters. The van der Waals surface area contributed by atoms with Gasteiger partial charge in [-0.3, -0.25) is 14.6 Å². The van der Waals surface area contributed by atoms with Crippen molar-refractivity contribution in [3.05, 3.63) is 29.3 Å². The Morgan fingerprint density at radius 3 is 2.75 bits per heavy atom. The van der Waals surface area contributed by atoms with Crippen LogP contribution in [0.15, 0.2) is 18.2 Å². The second-order valence-corrected chi connectivity index (χ2v) is 9.23. The highest BCUT2D eigenvalue weighted by molar-refractivity contribution is 7.99. The van der Waals surface area contributed by atoms with Gasteiger partial charge < -0.3 is 10.1 Å². The van der Waals surface area contributed by atoms with Gasteiger partial charge in [0.2, 0.25) is 0 Å². The van der Waals surface area contributed by atoms with E-state index in [0.29, 0.717) is 12.4 Å². The number of nitrogens with one attached hydrogen (secondary N) is 1. The molecule has 3 amide bonds. The summed E-state index contributed by atoms with van der Waals surface area (Å²) in [5.41, 5.74) is 2.00. The lowest BCUT2D eigenvalue weighted by molar-refractivity contribution is -0.132. The van der Waals surface area contributed by atoms with E-state index in [2.05, 4.69) is 33.3 Å². The molecule has 28 heavy (non-hydrogen) atoms. The van der Waals surface area contributed by atoms with Gasteiger partial charge in [0.25, 0.3) is 5.91 Å². The van der Waals surface area contributed by atoms with E-state index in [-0.39, 0.29) is 11.9 Å². The van der Waals surface area contributed by atoms with Crippen LogP contribution in [-0.4, -0.2) is 83.1 Å². The van der Waals surface area contributed by atoms with Crippen LogP contribution in [0.25, 0.3) is 0 Å². The summed E-state index contributed by atoms with van der Waals surface area (Å²) < 4.78 is 5.59. The molecule has 0 aliphatic carbocycles. The molecular formula is C20H26N4O3S. The highest BCUT2D eigenvalue weighted by Crippen LogP contribution is 2.33. The van der Waals surface area contributed by atoms with Crippen molar-refractivity contribution >= 4 is 23.7 Å². The number of rotatable bonds is 4. The molecule has 3 saturated heterocycles. The zero-order valence-electron chi connectivity index (χ0n) is 16.0. The maximum atomic E-state index is 12.8. The summed E-state index contributed by atoms with van der Waals surface area (Å²) in [5.74, 6) is 2.63. The maximum absolute atomic E-state index is 12.8. The number of amides is 3. The fraction of sp³-hybridized carbons (Fsp3) is 0.600. The minimum Gasteiger partial charge on any atom is -0.493 e. The van der Waals surface area contributed by atoms with Crippen molar-refractivity contribution in [2.24, 2.45) is 0 Å². The summed E-state index contributed by atoms with van der Waals surface area (Å²) in [6, 6.07) is 6.28. The van der Waals surface area contributed by atoms with Gasteiger partial charge in [0.05, 0.1) is 13.3 Å². The first kappa shape index (κ1) is 18.3. The number of fused-ring (bicyclic) bond motifs is 1. The zero-order valence-corrected chi connectivity index (χ0v) is 16.8. The fourth-order valence-corrected chi connectivity index (χ4v) is 5.85. The summed E-state index contributed by atoms with van der Waals surface area (Å²) in [5, 5.41) is 2.95. The van der Waals surface area contributed by atoms with Crippen molar-refractivity contribution in [2.75, 3.05) is 51.0 Å². The molecular weight excluding hydrogens is 376 g/mol. The first-order chi connectivity index (χ1) is 13.6. The van der Waals surface area contributed by atoms with Crippen LogP contribution in [0.2, 0.25) is 0 Å². The van der Waals surface area contributed by atoms with Crippen molar-refractivity contribution in [2.45, 2.75) is 24.9 Å². The number of piperazine rings is 1. The molecule has 8 heteroatoms. The van der Waals surface area contributed by atoms with Gasteiger partial charge in [0.15, 0.2) is 0 Å². The number of hydrogen-bond acceptors (Lipinski definition) is 6. The van der Waals surface area contributed by atoms with Crippen molar-refractivity contribution < 1.29 is 14.3 Å². The molecule has 0 aromatic heterocycles. The zero-order chi connectivity index (χ0) is 19.1. The molecule has 150 valence electrons. The number of nitrogens with zero attached hydrogens (tertiary/aromatic N) is 3. The molecule has 4 heterocycles. The van der Waals surface area contributed by atoms with Gasteiger partial charge in [0, 0.05) is 44.9 Å². The van der Waals surface area contributed by atoms with Gasteiger partial charge in [0.1, 0.15) is 11.3 Å². The lowest BCUT2D eigenvalue weighted by Gasteiger charge is -2.36. The third-order valence-corrected chi connectivity index (χ3v) is 7.42. The normalized spacial score (nSPS) is 28.1. The van der Waals surface area contributed by atoms with E-state index in [1.54, 1.807) is 11.8 Å². The van der Waals surface area contributed by atoms with Crippen LogP contribution < -0.4 is 10.1 Å². The van der Waals surface area contributed by atoms with Crippen LogP contribution in [0.1, 0.15) is 17.5 Å². The Labute approximate surface area is 169 Å². The predicted molar refractivity (Wildman–Crippen MR) is 107 cm³/mol. The number of carbonyl (C=O) groups excluding carboxylic acids is 2. The summed E-state index contributed by atoms with van der Waals surface area (Å²) in [6.45, 7) is 5.75. The molecule has 0 radical (unpaired) electrons. The van der Waals surface area contributed by atoms with E-state index in [9.17, 15) is 9.59 Å². The molecule has 4 aliphatic heterocycles. The summed E-state index contributed by atoms with van der Waals surface area (Å²) in [6.07, 6.45) is 1.75. The minimum absolute atomic E-state index is 0.0368. The molecule has 1 spiro atoms. The second-order valence-electron chi connectivity index (χ2n) is 8.12. The monoisotopic (exact) mass is 402 g/mol. The largest absolute Gasteiger partial charge is 0.493 e. The smallest absolute Gasteiger partial charge is 0.326 e. The Bertz CT molecular complexity index is 788. The first-order valence-electron chi connectivity index (χ1n) is 10.0. The molecule has 1 aromatic carbocycles. The van der Waals surface area contributed by atoms with Crippen LogP contribution in [0, 0.1) is 0 Å². The second kappa shape index (κ2) is 7.24. The van der Waals surface area contributed by atoms with Crippen molar-refractivity contribution in [3.63, 3.8) is 0 Å². The minimum atomic E-state index is -0.638. The van der Waals surface area contributed by atoms with Crippen LogP contribution in [0.5, 0.6) is 5.75 Å². The third-order valence-electron chi connectivity index (χ3n) is 6.23. The standard InChI is InChI=1S/C20H26N4O3S/c25-18-20(4-10-28-13-20)21-19(26)24(18)14-23-7-5-22(6-8-23)12-15-1-2-17-16(11-15)3-9-27-17/h1-2,11H,3-10,12-14H2,(H,21,26)/t20-/m0/s1. The van der Waals surface area contributed by atoms with Gasteiger partial charge in [-0.25, -0.2) is 9.69 Å². The van der Waals surface area contributed by atoms with Gasteiger partial charge in [-0.1, -0.05) is 12.1 Å². The van der Waals surface area contributed by atoms with Crippen LogP contribution in [-0.2, 0) is 17.8 Å². The van der Waals surface area contributed by atoms with Crippen LogP contribution >= 0.6 is 11.8 Å². The first-order valence-corrected chi connectivity index (χ1v) is 11.2. The Balaban J connectivity index is 1.14. The molecule has 4 aliphatic rings. The van der Waals surface area contributed by atoms with Crippen LogP contribution in [0.4, 0.5) is 4.79 Å². The molecule has 1 N–H and O–H groups in total. The topological polar surface area (TPSA) is 65.1 Å². The number of thioether (sulfide) groups is 1. The number of benzene rings is 1. The summed E-state index contributed by atoms with van der Waals surface area (Å²) >= 11 is 1.74. The van der Waals surface area contributed by atoms with Gasteiger partial charge in [-0.05, 0) is 29.4 Å². The predicted octanol–water partition coefficient (Wildman–Crippen LogP) is 1.12. The number of urea groups is 1. The van der Waals surface area contributed by atoms with E-state index >= 15 is 0 Å². The van der Waals surface area contributed by atoms with Crippen molar-refractivity contribution in [1.82, 2.24) is 20.0 Å². The quantitative estimate of drug-likeness (QED) is 0.762. The average molecular weight is 403 g/mol. The van der Waals surface area contributed by atoms with E-state index < -0.39 is 5.54 Å². The number of hydrogen-bond donors (Lipinski definition) is 1. The number of carbonyl (C=O) groups is 2. The Morgan fingerprint density at radius 2 is 1.96 bits per heavy atom. The Hall–Kier alpha value is -1.77. The molecule has 5 rings (SSSR count). The lowest BCUT2D eigenvalue weighted by atomic mass is 10.00. The van der Waals surface area contributed by atoms with Crippen LogP contribution in [0.3, 0.4) is 0 Å². The third kappa shape index (κ3) is 3.27. The summed E-state index contributed by atoms with van der Waals surface area (Å²) in [4.78, 5) is 31.2. The highest BCUT2D eigenvalue weighted by Gasteiger charge is 2.53. The SMILES string of the molecule is O=C1N[C@]2(CCSC2)C(=O)N1CN1CCN(Cc2ccc3c(c2)CCO3)CC1. The summed E-state index contributed by atoms with van der Waals surface area (Å²) in [7, 11) is 0. The molecule has 7 nitrogen and oxygen atoms in total. The molecule has 1 aromatic rings. The van der Waals surface area contributed by atoms with E-state index in [1.165, 1.54) is 16.0 Å². The molecule has 0 saturated carbocycles. The number of imide groups is 1. The molecule has 1 atom stereocenters. The molecule has 3 fully saturated rings. The van der Waals surface area contributed by atoms with E-state index in [0.717, 1.165) is 63.7 Å². The van der Waals surface area contributed by atoms with Gasteiger partial charge in [-0.2, -0.15) is 11.8 Å². The van der Waals surface area contributed by atoms with Gasteiger partial charge >= 0.3 is 6.03 Å². The number of ether oxygens (including phenoxy) is 1. The Morgan fingerprint density at radius 1 is 1.14 bits per heavy atom. The Kier molecular flexibility index (Phi) is 4.72. The average Bonchev–Trinajstić information content (AvgIpc) is 3.40. The lowest BCUT2D eigenvalue weighted by Crippen LogP contribution is -2.52. The highest BCUT2D eigenvalue weighted by atomic mass is 32.2. The van der Waals surface area contributed by atoms with E-state index in [4.69, 9.17) is 4.74 Å². The van der Waals surface area contributed by atoms with Gasteiger partial charge in [-0.15, -0.1) is 0 Å². The maximum Gasteiger partial charge on any atom is 0.326 e. The molecule has 0 bridgehead atoms.